The number of benzene rings is 1. The second-order valence-corrected chi connectivity index (χ2v) is 9.27. The number of para-hydroxylation sites is 1. The minimum atomic E-state index is -0.645. The topological polar surface area (TPSA) is 107 Å². The second-order valence-electron chi connectivity index (χ2n) is 8.15. The molecule has 1 aliphatic heterocycles. The summed E-state index contributed by atoms with van der Waals surface area (Å²) < 4.78 is 11.9. The molecule has 0 saturated heterocycles. The quantitative estimate of drug-likeness (QED) is 0.617. The molecule has 1 saturated carbocycles. The summed E-state index contributed by atoms with van der Waals surface area (Å²) in [7, 11) is 0. The number of fused-ring (bicyclic) bond motifs is 1. The molecular weight excluding hydrogens is 430 g/mol. The van der Waals surface area contributed by atoms with Crippen LogP contribution >= 0.6 is 11.3 Å². The molecule has 0 atom stereocenters. The maximum absolute atomic E-state index is 13.4. The third-order valence-electron chi connectivity index (χ3n) is 6.00. The van der Waals surface area contributed by atoms with Crippen molar-refractivity contribution in [1.29, 1.82) is 0 Å². The summed E-state index contributed by atoms with van der Waals surface area (Å²) >= 11 is 1.61. The van der Waals surface area contributed by atoms with Gasteiger partial charge in [-0.1, -0.05) is 31.4 Å². The molecule has 0 radical (unpaired) electrons. The Kier molecular flexibility index (Phi) is 6.74. The summed E-state index contributed by atoms with van der Waals surface area (Å²) in [5.41, 5.74) is 0.830. The fourth-order valence-electron chi connectivity index (χ4n) is 4.33. The number of urea groups is 1. The lowest BCUT2D eigenvalue weighted by Crippen LogP contribution is -2.46. The van der Waals surface area contributed by atoms with E-state index in [2.05, 4.69) is 10.6 Å². The number of hydrogen-bond acceptors (Lipinski definition) is 7. The second kappa shape index (κ2) is 9.68. The van der Waals surface area contributed by atoms with E-state index in [1.54, 1.807) is 18.3 Å². The highest BCUT2D eigenvalue weighted by Crippen LogP contribution is 2.41. The first-order valence-corrected chi connectivity index (χ1v) is 11.8. The van der Waals surface area contributed by atoms with Crippen LogP contribution in [0.4, 0.5) is 4.79 Å². The molecule has 1 aliphatic carbocycles. The van der Waals surface area contributed by atoms with Crippen LogP contribution in [0.5, 0.6) is 0 Å². The van der Waals surface area contributed by atoms with Gasteiger partial charge in [-0.3, -0.25) is 4.79 Å². The molecule has 32 heavy (non-hydrogen) atoms. The first-order chi connectivity index (χ1) is 15.5. The molecule has 170 valence electrons. The molecule has 0 unspecified atom stereocenters. The van der Waals surface area contributed by atoms with E-state index in [9.17, 15) is 14.4 Å². The van der Waals surface area contributed by atoms with Crippen molar-refractivity contribution < 1.29 is 23.9 Å². The van der Waals surface area contributed by atoms with E-state index in [0.717, 1.165) is 47.3 Å². The molecule has 8 nitrogen and oxygen atoms in total. The number of amides is 2. The average Bonchev–Trinajstić information content (AvgIpc) is 3.20. The largest absolute Gasteiger partial charge is 0.463 e. The van der Waals surface area contributed by atoms with Crippen molar-refractivity contribution in [3.05, 3.63) is 40.5 Å². The molecular formula is C23H27N3O5S. The lowest BCUT2D eigenvalue weighted by molar-refractivity contribution is -0.157. The Morgan fingerprint density at radius 2 is 1.94 bits per heavy atom. The Morgan fingerprint density at radius 1 is 1.16 bits per heavy atom. The van der Waals surface area contributed by atoms with E-state index < -0.39 is 17.4 Å². The van der Waals surface area contributed by atoms with Crippen LogP contribution in [0, 0.1) is 5.41 Å². The van der Waals surface area contributed by atoms with Crippen LogP contribution < -0.4 is 10.6 Å². The highest BCUT2D eigenvalue weighted by atomic mass is 32.1. The van der Waals surface area contributed by atoms with Crippen LogP contribution in [0.3, 0.4) is 0 Å². The Balaban J connectivity index is 1.52. The van der Waals surface area contributed by atoms with Crippen molar-refractivity contribution in [2.75, 3.05) is 19.8 Å². The Bertz CT molecular complexity index is 1020. The predicted octanol–water partition coefficient (Wildman–Crippen LogP) is 3.46. The number of ether oxygens (including phenoxy) is 2. The van der Waals surface area contributed by atoms with E-state index in [1.807, 2.05) is 24.3 Å². The summed E-state index contributed by atoms with van der Waals surface area (Å²) in [5, 5.41) is 6.06. The van der Waals surface area contributed by atoms with E-state index >= 15 is 0 Å². The van der Waals surface area contributed by atoms with Gasteiger partial charge in [-0.2, -0.15) is 0 Å². The fraction of sp³-hybridized carbons (Fsp3) is 0.478. The van der Waals surface area contributed by atoms with E-state index in [1.165, 1.54) is 0 Å². The molecule has 9 heteroatoms. The predicted molar refractivity (Wildman–Crippen MR) is 120 cm³/mol. The molecule has 1 fully saturated rings. The maximum Gasteiger partial charge on any atom is 0.337 e. The van der Waals surface area contributed by atoms with Crippen molar-refractivity contribution in [2.24, 2.45) is 5.41 Å². The van der Waals surface area contributed by atoms with Gasteiger partial charge in [0.05, 0.1) is 45.1 Å². The summed E-state index contributed by atoms with van der Waals surface area (Å²) in [5.74, 6) is -0.840. The van der Waals surface area contributed by atoms with Gasteiger partial charge < -0.3 is 20.1 Å². The van der Waals surface area contributed by atoms with E-state index in [-0.39, 0.29) is 37.0 Å². The maximum atomic E-state index is 13.4. The number of thiazole rings is 1. The van der Waals surface area contributed by atoms with Crippen LogP contribution in [0.1, 0.15) is 44.0 Å². The molecule has 2 aromatic rings. The van der Waals surface area contributed by atoms with Crippen molar-refractivity contribution in [3.63, 3.8) is 0 Å². The van der Waals surface area contributed by atoms with Gasteiger partial charge in [0.15, 0.2) is 0 Å². The molecule has 4 rings (SSSR count). The number of esters is 2. The monoisotopic (exact) mass is 457 g/mol. The minimum absolute atomic E-state index is 0.0361. The van der Waals surface area contributed by atoms with Gasteiger partial charge >= 0.3 is 18.0 Å². The molecule has 2 heterocycles. The van der Waals surface area contributed by atoms with Crippen LogP contribution in [-0.2, 0) is 25.5 Å². The van der Waals surface area contributed by atoms with Crippen LogP contribution in [0.15, 0.2) is 35.5 Å². The molecule has 2 amide bonds. The minimum Gasteiger partial charge on any atom is -0.463 e. The number of carbonyl (C=O) groups is 3. The van der Waals surface area contributed by atoms with Gasteiger partial charge in [-0.25, -0.2) is 14.6 Å². The first-order valence-electron chi connectivity index (χ1n) is 11.0. The molecule has 0 bridgehead atoms. The van der Waals surface area contributed by atoms with Gasteiger partial charge in [0.2, 0.25) is 0 Å². The standard InChI is InChI=1S/C23H27N3O5S/c1-2-30-20(27)15-13-24-22(29)26-17(15)14-31-21(28)23(10-6-3-7-11-23)12-19-25-16-8-4-5-9-18(16)32-19/h4-5,8-9H,2-3,6-7,10-14H2,1H3,(H2,24,26,29). The summed E-state index contributed by atoms with van der Waals surface area (Å²) in [6.07, 6.45) is 5.01. The van der Waals surface area contributed by atoms with E-state index in [0.29, 0.717) is 6.42 Å². The lowest BCUT2D eigenvalue weighted by atomic mass is 9.72. The van der Waals surface area contributed by atoms with Crippen LogP contribution in [0.25, 0.3) is 10.2 Å². The Hall–Kier alpha value is -2.94. The Labute approximate surface area is 190 Å². The molecule has 0 spiro atoms. The number of nitrogens with zero attached hydrogens (tertiary/aromatic N) is 1. The Morgan fingerprint density at radius 3 is 2.69 bits per heavy atom. The van der Waals surface area contributed by atoms with Gasteiger partial charge in [0.25, 0.3) is 0 Å². The molecule has 2 N–H and O–H groups in total. The van der Waals surface area contributed by atoms with E-state index in [4.69, 9.17) is 14.5 Å². The van der Waals surface area contributed by atoms with Crippen molar-refractivity contribution >= 4 is 39.5 Å². The van der Waals surface area contributed by atoms with Crippen molar-refractivity contribution in [2.45, 2.75) is 45.4 Å². The fourth-order valence-corrected chi connectivity index (χ4v) is 5.44. The number of rotatable bonds is 7. The van der Waals surface area contributed by atoms with Crippen LogP contribution in [-0.4, -0.2) is 42.7 Å². The smallest absolute Gasteiger partial charge is 0.337 e. The number of carbonyl (C=O) groups excluding carboxylic acids is 3. The third-order valence-corrected chi connectivity index (χ3v) is 7.03. The molecule has 1 aromatic heterocycles. The molecule has 2 aliphatic rings. The summed E-state index contributed by atoms with van der Waals surface area (Å²) in [6, 6.07) is 7.51. The summed E-state index contributed by atoms with van der Waals surface area (Å²) in [4.78, 5) is 42.1. The average molecular weight is 458 g/mol. The highest BCUT2D eigenvalue weighted by molar-refractivity contribution is 7.18. The zero-order valence-corrected chi connectivity index (χ0v) is 18.9. The van der Waals surface area contributed by atoms with Gasteiger partial charge in [0.1, 0.15) is 6.61 Å². The van der Waals surface area contributed by atoms with Gasteiger partial charge in [-0.05, 0) is 31.9 Å². The zero-order valence-electron chi connectivity index (χ0n) is 18.1. The number of aromatic nitrogens is 1. The third kappa shape index (κ3) is 4.77. The van der Waals surface area contributed by atoms with Gasteiger partial charge in [0, 0.05) is 6.42 Å². The van der Waals surface area contributed by atoms with Crippen molar-refractivity contribution in [1.82, 2.24) is 15.6 Å². The van der Waals surface area contributed by atoms with Gasteiger partial charge in [-0.15, -0.1) is 11.3 Å². The SMILES string of the molecule is CCOC(=O)C1=C(COC(=O)C2(Cc3nc4ccccc4s3)CCCCC2)NC(=O)NC1. The van der Waals surface area contributed by atoms with Crippen LogP contribution in [0.2, 0.25) is 0 Å². The molecule has 1 aromatic carbocycles. The van der Waals surface area contributed by atoms with Crippen molar-refractivity contribution in [3.8, 4) is 0 Å². The normalized spacial score (nSPS) is 18.1. The zero-order chi connectivity index (χ0) is 22.6. The number of hydrogen-bond donors (Lipinski definition) is 2. The summed E-state index contributed by atoms with van der Waals surface area (Å²) in [6.45, 7) is 1.78. The first kappa shape index (κ1) is 22.3. The lowest BCUT2D eigenvalue weighted by Gasteiger charge is -2.34. The number of nitrogens with one attached hydrogen (secondary N) is 2. The highest BCUT2D eigenvalue weighted by Gasteiger charge is 2.42.